The number of pyridine rings is 1. The van der Waals surface area contributed by atoms with Gasteiger partial charge in [-0.3, -0.25) is 15.1 Å². The number of aliphatic hydroxyl groups excluding tert-OH is 1. The van der Waals surface area contributed by atoms with Crippen molar-refractivity contribution in [3.63, 3.8) is 0 Å². The number of rotatable bonds is 6. The van der Waals surface area contributed by atoms with E-state index in [0.717, 1.165) is 0 Å². The number of hydrogen-bond acceptors (Lipinski definition) is 7. The molecule has 1 aromatic carbocycles. The van der Waals surface area contributed by atoms with E-state index in [0.29, 0.717) is 16.3 Å². The zero-order valence-corrected chi connectivity index (χ0v) is 19.1. The fraction of sp³-hybridized carbons (Fsp3) is 0.318. The lowest BCUT2D eigenvalue weighted by Crippen LogP contribution is -2.52. The average molecular weight is 489 g/mol. The van der Waals surface area contributed by atoms with Crippen LogP contribution in [0.4, 0.5) is 20.7 Å². The third-order valence-electron chi connectivity index (χ3n) is 5.46. The largest absolute Gasteiger partial charge is 0.441 e. The van der Waals surface area contributed by atoms with Gasteiger partial charge >= 0.3 is 6.09 Å². The molecule has 0 spiro atoms. The van der Waals surface area contributed by atoms with Gasteiger partial charge in [0.2, 0.25) is 0 Å². The summed E-state index contributed by atoms with van der Waals surface area (Å²) < 4.78 is 21.1. The van der Waals surface area contributed by atoms with Crippen LogP contribution in [0.1, 0.15) is 31.4 Å². The van der Waals surface area contributed by atoms with Crippen LogP contribution in [0.3, 0.4) is 0 Å². The fourth-order valence-electron chi connectivity index (χ4n) is 3.55. The number of aryl methyl sites for hydroxylation is 1. The molecule has 10 nitrogen and oxygen atoms in total. The van der Waals surface area contributed by atoms with Gasteiger partial charge in [0.25, 0.3) is 5.91 Å². The van der Waals surface area contributed by atoms with Crippen LogP contribution in [0.25, 0.3) is 11.4 Å². The van der Waals surface area contributed by atoms with Crippen molar-refractivity contribution in [3.05, 3.63) is 53.2 Å². The Kier molecular flexibility index (Phi) is 6.49. The standard InChI is InChI=1S/C22H22ClFN6O4/c1-12(15-5-3-4-6-16(15)23)34-21(33)27-19-18(28-29-30(19)2)17-8-7-13(11-25-17)26-20(32)22(24)9-14(31)10-22/h3-8,11-12,14,31H,9-10H2,1-2H3,(H,26,32)(H,27,33)/t12-,14-,22-/m1/s1. The molecule has 3 aromatic rings. The van der Waals surface area contributed by atoms with E-state index >= 15 is 0 Å². The molecule has 4 rings (SSSR count). The summed E-state index contributed by atoms with van der Waals surface area (Å²) in [6.07, 6.45) is -1.27. The Hall–Kier alpha value is -3.57. The molecule has 0 unspecified atom stereocenters. The maximum absolute atomic E-state index is 14.3. The van der Waals surface area contributed by atoms with Crippen molar-refractivity contribution in [2.45, 2.75) is 37.6 Å². The molecule has 0 saturated heterocycles. The molecule has 0 radical (unpaired) electrons. The first-order valence-electron chi connectivity index (χ1n) is 10.4. The molecule has 3 N–H and O–H groups in total. The summed E-state index contributed by atoms with van der Waals surface area (Å²) in [6.45, 7) is 1.70. The Morgan fingerprint density at radius 1 is 1.26 bits per heavy atom. The number of benzene rings is 1. The number of alkyl halides is 1. The van der Waals surface area contributed by atoms with Gasteiger partial charge in [-0.15, -0.1) is 5.10 Å². The predicted molar refractivity (Wildman–Crippen MR) is 122 cm³/mol. The van der Waals surface area contributed by atoms with Crippen molar-refractivity contribution in [1.82, 2.24) is 20.0 Å². The highest BCUT2D eigenvalue weighted by molar-refractivity contribution is 6.31. The van der Waals surface area contributed by atoms with Crippen LogP contribution in [0.2, 0.25) is 5.02 Å². The van der Waals surface area contributed by atoms with Crippen LogP contribution in [-0.2, 0) is 16.6 Å². The number of anilines is 2. The average Bonchev–Trinajstić information content (AvgIpc) is 3.13. The van der Waals surface area contributed by atoms with E-state index < -0.39 is 29.9 Å². The predicted octanol–water partition coefficient (Wildman–Crippen LogP) is 3.64. The number of halogens is 2. The van der Waals surface area contributed by atoms with Gasteiger partial charge in [0, 0.05) is 30.5 Å². The van der Waals surface area contributed by atoms with Gasteiger partial charge in [-0.2, -0.15) is 0 Å². The van der Waals surface area contributed by atoms with Gasteiger partial charge in [0.15, 0.2) is 17.2 Å². The van der Waals surface area contributed by atoms with Gasteiger partial charge in [-0.1, -0.05) is 35.0 Å². The minimum Gasteiger partial charge on any atom is -0.441 e. The number of ether oxygens (including phenoxy) is 1. The number of aliphatic hydroxyl groups is 1. The second-order valence-electron chi connectivity index (χ2n) is 8.02. The molecule has 2 heterocycles. The first kappa shape index (κ1) is 23.6. The van der Waals surface area contributed by atoms with Gasteiger partial charge in [0.1, 0.15) is 6.10 Å². The molecular formula is C22H22ClFN6O4. The molecule has 34 heavy (non-hydrogen) atoms. The van der Waals surface area contributed by atoms with E-state index in [4.69, 9.17) is 16.3 Å². The summed E-state index contributed by atoms with van der Waals surface area (Å²) >= 11 is 6.16. The fourth-order valence-corrected chi connectivity index (χ4v) is 3.84. The third-order valence-corrected chi connectivity index (χ3v) is 5.81. The van der Waals surface area contributed by atoms with Gasteiger partial charge in [0.05, 0.1) is 23.7 Å². The van der Waals surface area contributed by atoms with Gasteiger partial charge in [-0.25, -0.2) is 13.9 Å². The quantitative estimate of drug-likeness (QED) is 0.482. The molecule has 0 aliphatic heterocycles. The van der Waals surface area contributed by atoms with E-state index in [-0.39, 0.29) is 30.0 Å². The minimum absolute atomic E-state index is 0.232. The van der Waals surface area contributed by atoms with Crippen molar-refractivity contribution in [3.8, 4) is 11.4 Å². The summed E-state index contributed by atoms with van der Waals surface area (Å²) in [5, 5.41) is 22.8. The van der Waals surface area contributed by atoms with Crippen LogP contribution >= 0.6 is 11.6 Å². The second-order valence-corrected chi connectivity index (χ2v) is 8.43. The molecular weight excluding hydrogens is 467 g/mol. The molecule has 12 heteroatoms. The summed E-state index contributed by atoms with van der Waals surface area (Å²) in [6, 6.07) is 10.1. The summed E-state index contributed by atoms with van der Waals surface area (Å²) in [7, 11) is 1.59. The zero-order chi connectivity index (χ0) is 24.5. The maximum Gasteiger partial charge on any atom is 0.413 e. The van der Waals surface area contributed by atoms with E-state index in [1.165, 1.54) is 16.9 Å². The number of nitrogens with zero attached hydrogens (tertiary/aromatic N) is 4. The van der Waals surface area contributed by atoms with Crippen molar-refractivity contribution >= 4 is 35.1 Å². The number of hydrogen-bond donors (Lipinski definition) is 3. The highest BCUT2D eigenvalue weighted by Crippen LogP contribution is 2.37. The first-order valence-corrected chi connectivity index (χ1v) is 10.8. The van der Waals surface area contributed by atoms with Crippen molar-refractivity contribution in [1.29, 1.82) is 0 Å². The van der Waals surface area contributed by atoms with E-state index in [1.54, 1.807) is 44.3 Å². The molecule has 2 aromatic heterocycles. The molecule has 0 bridgehead atoms. The highest BCUT2D eigenvalue weighted by Gasteiger charge is 2.50. The van der Waals surface area contributed by atoms with E-state index in [2.05, 4.69) is 25.9 Å². The lowest BCUT2D eigenvalue weighted by atomic mass is 9.78. The number of carbonyl (C=O) groups excluding carboxylic acids is 2. The molecule has 1 aliphatic rings. The van der Waals surface area contributed by atoms with Gasteiger partial charge in [-0.05, 0) is 25.1 Å². The third kappa shape index (κ3) is 4.85. The Morgan fingerprint density at radius 3 is 2.65 bits per heavy atom. The summed E-state index contributed by atoms with van der Waals surface area (Å²) in [5.41, 5.74) is -0.518. The Bertz CT molecular complexity index is 1210. The van der Waals surface area contributed by atoms with Gasteiger partial charge < -0.3 is 15.2 Å². The normalized spacial score (nSPS) is 20.2. The number of nitrogens with one attached hydrogen (secondary N) is 2. The van der Waals surface area contributed by atoms with Crippen LogP contribution in [0.15, 0.2) is 42.6 Å². The summed E-state index contributed by atoms with van der Waals surface area (Å²) in [5.74, 6) is -0.587. The summed E-state index contributed by atoms with van der Waals surface area (Å²) in [4.78, 5) is 28.8. The van der Waals surface area contributed by atoms with E-state index in [9.17, 15) is 19.1 Å². The Labute approximate surface area is 199 Å². The van der Waals surface area contributed by atoms with Crippen LogP contribution in [0.5, 0.6) is 0 Å². The minimum atomic E-state index is -2.08. The monoisotopic (exact) mass is 488 g/mol. The molecule has 1 aliphatic carbocycles. The molecule has 2 amide bonds. The van der Waals surface area contributed by atoms with Crippen molar-refractivity contribution < 1.29 is 23.8 Å². The maximum atomic E-state index is 14.3. The topological polar surface area (TPSA) is 131 Å². The highest BCUT2D eigenvalue weighted by atomic mass is 35.5. The van der Waals surface area contributed by atoms with Crippen LogP contribution in [-0.4, -0.2) is 48.9 Å². The SMILES string of the molecule is C[C@@H](OC(=O)Nc1c(-c2ccc(NC(=O)[C@]3(F)C[C@H](O)C3)cn2)nnn1C)c1ccccc1Cl. The smallest absolute Gasteiger partial charge is 0.413 e. The molecule has 1 atom stereocenters. The number of aromatic nitrogens is 4. The number of carbonyl (C=O) groups is 2. The van der Waals surface area contributed by atoms with Crippen LogP contribution in [0, 0.1) is 0 Å². The molecule has 1 fully saturated rings. The Balaban J connectivity index is 1.43. The first-order chi connectivity index (χ1) is 16.2. The van der Waals surface area contributed by atoms with Crippen molar-refractivity contribution in [2.75, 3.05) is 10.6 Å². The number of amides is 2. The van der Waals surface area contributed by atoms with E-state index in [1.807, 2.05) is 0 Å². The Morgan fingerprint density at radius 2 is 2.00 bits per heavy atom. The lowest BCUT2D eigenvalue weighted by molar-refractivity contribution is -0.142. The van der Waals surface area contributed by atoms with Crippen molar-refractivity contribution in [2.24, 2.45) is 7.05 Å². The molecule has 178 valence electrons. The molecule has 1 saturated carbocycles. The lowest BCUT2D eigenvalue weighted by Gasteiger charge is -2.36. The second kappa shape index (κ2) is 9.35. The zero-order valence-electron chi connectivity index (χ0n) is 18.3. The van der Waals surface area contributed by atoms with Crippen LogP contribution < -0.4 is 10.6 Å².